The maximum absolute atomic E-state index is 9.77. The molecule has 0 bridgehead atoms. The molecule has 0 aliphatic heterocycles. The molecule has 96 valence electrons. The zero-order chi connectivity index (χ0) is 12.8. The number of thioether (sulfide) groups is 1. The highest BCUT2D eigenvalue weighted by atomic mass is 32.2. The number of aliphatic hydroxyl groups excluding tert-OH is 1. The van der Waals surface area contributed by atoms with Crippen molar-refractivity contribution in [2.45, 2.75) is 32.4 Å². The molecule has 1 rings (SSSR count). The van der Waals surface area contributed by atoms with Gasteiger partial charge in [-0.25, -0.2) is 4.98 Å². The van der Waals surface area contributed by atoms with Crippen LogP contribution in [0.25, 0.3) is 0 Å². The highest BCUT2D eigenvalue weighted by Gasteiger charge is 2.18. The van der Waals surface area contributed by atoms with Gasteiger partial charge in [-0.15, -0.1) is 0 Å². The van der Waals surface area contributed by atoms with E-state index in [1.165, 1.54) is 0 Å². The van der Waals surface area contributed by atoms with Crippen molar-refractivity contribution in [2.24, 2.45) is 0 Å². The molecule has 1 aromatic heterocycles. The molecule has 0 spiro atoms. The van der Waals surface area contributed by atoms with Crippen molar-refractivity contribution in [1.29, 1.82) is 0 Å². The van der Waals surface area contributed by atoms with E-state index in [0.29, 0.717) is 6.04 Å². The zero-order valence-electron chi connectivity index (χ0n) is 11.1. The van der Waals surface area contributed by atoms with Gasteiger partial charge in [-0.2, -0.15) is 11.8 Å². The molecule has 0 saturated carbocycles. The third-order valence-corrected chi connectivity index (χ3v) is 3.70. The van der Waals surface area contributed by atoms with Gasteiger partial charge < -0.3 is 10.0 Å². The summed E-state index contributed by atoms with van der Waals surface area (Å²) < 4.78 is 0. The van der Waals surface area contributed by atoms with E-state index in [-0.39, 0.29) is 0 Å². The molecule has 3 nitrogen and oxygen atoms in total. The predicted octanol–water partition coefficient (Wildman–Crippen LogP) is 2.71. The summed E-state index contributed by atoms with van der Waals surface area (Å²) in [5.74, 6) is 1.96. The molecule has 0 radical (unpaired) electrons. The Balaban J connectivity index is 2.97. The monoisotopic (exact) mass is 254 g/mol. The van der Waals surface area contributed by atoms with Crippen LogP contribution in [0.3, 0.4) is 0 Å². The summed E-state index contributed by atoms with van der Waals surface area (Å²) in [5, 5.41) is 9.77. The topological polar surface area (TPSA) is 36.4 Å². The molecule has 4 heteroatoms. The number of pyridine rings is 1. The Morgan fingerprint density at radius 1 is 1.53 bits per heavy atom. The Hall–Kier alpha value is -0.740. The van der Waals surface area contributed by atoms with E-state index in [2.05, 4.69) is 30.1 Å². The van der Waals surface area contributed by atoms with Gasteiger partial charge >= 0.3 is 0 Å². The Morgan fingerprint density at radius 3 is 2.76 bits per heavy atom. The molecule has 1 unspecified atom stereocenters. The van der Waals surface area contributed by atoms with E-state index in [1.54, 1.807) is 13.1 Å². The minimum absolute atomic E-state index is 0.456. The fraction of sp³-hybridized carbons (Fsp3) is 0.615. The number of anilines is 1. The summed E-state index contributed by atoms with van der Waals surface area (Å²) in [7, 11) is 2.05. The lowest BCUT2D eigenvalue weighted by Gasteiger charge is -2.30. The van der Waals surface area contributed by atoms with Crippen LogP contribution >= 0.6 is 11.8 Å². The number of hydrogen-bond donors (Lipinski definition) is 1. The molecule has 1 N–H and O–H groups in total. The lowest BCUT2D eigenvalue weighted by molar-refractivity contribution is 0.199. The summed E-state index contributed by atoms with van der Waals surface area (Å²) >= 11 is 1.84. The van der Waals surface area contributed by atoms with Crippen molar-refractivity contribution in [2.75, 3.05) is 24.0 Å². The number of nitrogens with zero attached hydrogens (tertiary/aromatic N) is 2. The van der Waals surface area contributed by atoms with E-state index in [1.807, 2.05) is 23.9 Å². The fourth-order valence-corrected chi connectivity index (χ4v) is 2.74. The Morgan fingerprint density at radius 2 is 2.24 bits per heavy atom. The van der Waals surface area contributed by atoms with Crippen LogP contribution in [0.2, 0.25) is 0 Å². The quantitative estimate of drug-likeness (QED) is 0.847. The summed E-state index contributed by atoms with van der Waals surface area (Å²) in [5.41, 5.74) is 0.898. The Labute approximate surface area is 108 Å². The van der Waals surface area contributed by atoms with E-state index >= 15 is 0 Å². The second-order valence-corrected chi connectivity index (χ2v) is 5.13. The molecule has 0 aliphatic rings. The van der Waals surface area contributed by atoms with Crippen LogP contribution in [0.5, 0.6) is 0 Å². The average molecular weight is 254 g/mol. The van der Waals surface area contributed by atoms with Gasteiger partial charge in [0.1, 0.15) is 5.82 Å². The first kappa shape index (κ1) is 14.3. The normalized spacial score (nSPS) is 14.4. The highest BCUT2D eigenvalue weighted by Crippen LogP contribution is 2.25. The van der Waals surface area contributed by atoms with Crippen molar-refractivity contribution in [3.63, 3.8) is 0 Å². The third kappa shape index (κ3) is 3.61. The van der Waals surface area contributed by atoms with Crippen LogP contribution in [0, 0.1) is 0 Å². The van der Waals surface area contributed by atoms with Gasteiger partial charge in [0.05, 0.1) is 6.10 Å². The number of rotatable bonds is 6. The van der Waals surface area contributed by atoms with Crippen LogP contribution in [0.4, 0.5) is 5.82 Å². The number of aromatic nitrogens is 1. The van der Waals surface area contributed by atoms with Crippen LogP contribution in [-0.2, 0) is 0 Å². The van der Waals surface area contributed by atoms with Crippen LogP contribution in [0.15, 0.2) is 18.3 Å². The van der Waals surface area contributed by atoms with Crippen LogP contribution in [-0.4, -0.2) is 35.2 Å². The third-order valence-electron chi connectivity index (χ3n) is 2.98. The molecule has 0 aliphatic carbocycles. The first-order chi connectivity index (χ1) is 8.11. The summed E-state index contributed by atoms with van der Waals surface area (Å²) in [6, 6.07) is 4.27. The standard InChI is InChI=1S/C13H22N2OS/c1-5-11(9-17-4)15(3)13-12(10(2)16)7-6-8-14-13/h6-8,10-11,16H,5,9H2,1-4H3/t10-,11?/m0/s1. The molecular formula is C13H22N2OS. The molecule has 17 heavy (non-hydrogen) atoms. The molecule has 0 saturated heterocycles. The first-order valence-corrected chi connectivity index (χ1v) is 7.35. The number of aliphatic hydroxyl groups is 1. The maximum atomic E-state index is 9.77. The summed E-state index contributed by atoms with van der Waals surface area (Å²) in [6.45, 7) is 3.96. The van der Waals surface area contributed by atoms with Gasteiger partial charge in [-0.3, -0.25) is 0 Å². The van der Waals surface area contributed by atoms with E-state index < -0.39 is 6.10 Å². The van der Waals surface area contributed by atoms with Gasteiger partial charge in [0, 0.05) is 30.6 Å². The second-order valence-electron chi connectivity index (χ2n) is 4.22. The molecule has 1 heterocycles. The van der Waals surface area contributed by atoms with Gasteiger partial charge in [0.2, 0.25) is 0 Å². The zero-order valence-corrected chi connectivity index (χ0v) is 11.9. The smallest absolute Gasteiger partial charge is 0.134 e. The van der Waals surface area contributed by atoms with Gasteiger partial charge in [0.15, 0.2) is 0 Å². The lowest BCUT2D eigenvalue weighted by Crippen LogP contribution is -2.34. The summed E-state index contributed by atoms with van der Waals surface area (Å²) in [6.07, 6.45) is 4.49. The van der Waals surface area contributed by atoms with E-state index in [4.69, 9.17) is 0 Å². The lowest BCUT2D eigenvalue weighted by atomic mass is 10.1. The van der Waals surface area contributed by atoms with Crippen molar-refractivity contribution in [3.05, 3.63) is 23.9 Å². The van der Waals surface area contributed by atoms with E-state index in [0.717, 1.165) is 23.6 Å². The molecule has 0 aromatic carbocycles. The Kier molecular flexibility index (Phi) is 5.78. The molecule has 0 amide bonds. The molecule has 1 aromatic rings. The van der Waals surface area contributed by atoms with E-state index in [9.17, 15) is 5.11 Å². The predicted molar refractivity (Wildman–Crippen MR) is 75.7 cm³/mol. The Bertz CT molecular complexity index is 344. The minimum Gasteiger partial charge on any atom is -0.389 e. The van der Waals surface area contributed by atoms with Crippen molar-refractivity contribution in [3.8, 4) is 0 Å². The minimum atomic E-state index is -0.479. The van der Waals surface area contributed by atoms with Gasteiger partial charge in [0.25, 0.3) is 0 Å². The molecule has 2 atom stereocenters. The maximum Gasteiger partial charge on any atom is 0.134 e. The fourth-order valence-electron chi connectivity index (χ4n) is 1.90. The van der Waals surface area contributed by atoms with Crippen molar-refractivity contribution in [1.82, 2.24) is 4.98 Å². The SMILES string of the molecule is CCC(CSC)N(C)c1ncccc1[C@H](C)O. The number of hydrogen-bond acceptors (Lipinski definition) is 4. The summed E-state index contributed by atoms with van der Waals surface area (Å²) in [4.78, 5) is 6.59. The van der Waals surface area contributed by atoms with Gasteiger partial charge in [-0.1, -0.05) is 13.0 Å². The average Bonchev–Trinajstić information content (AvgIpc) is 2.35. The van der Waals surface area contributed by atoms with Crippen molar-refractivity contribution < 1.29 is 5.11 Å². The largest absolute Gasteiger partial charge is 0.389 e. The molecule has 0 fully saturated rings. The van der Waals surface area contributed by atoms with Gasteiger partial charge in [-0.05, 0) is 25.7 Å². The molecular weight excluding hydrogens is 232 g/mol. The van der Waals surface area contributed by atoms with Crippen LogP contribution < -0.4 is 4.90 Å². The van der Waals surface area contributed by atoms with Crippen LogP contribution in [0.1, 0.15) is 31.9 Å². The second kappa shape index (κ2) is 6.87. The highest BCUT2D eigenvalue weighted by molar-refractivity contribution is 7.98. The first-order valence-electron chi connectivity index (χ1n) is 5.96. The van der Waals surface area contributed by atoms with Crippen molar-refractivity contribution >= 4 is 17.6 Å².